The molecule has 5 nitrogen and oxygen atoms in total. The van der Waals surface area contributed by atoms with Crippen molar-refractivity contribution in [2.24, 2.45) is 0 Å². The molecule has 2 aliphatic heterocycles. The molecule has 26 heavy (non-hydrogen) atoms. The van der Waals surface area contributed by atoms with Gasteiger partial charge in [-0.1, -0.05) is 30.5 Å². The molecule has 2 atom stereocenters. The van der Waals surface area contributed by atoms with Crippen molar-refractivity contribution in [1.29, 1.82) is 0 Å². The van der Waals surface area contributed by atoms with Gasteiger partial charge < -0.3 is 14.6 Å². The highest BCUT2D eigenvalue weighted by Gasteiger charge is 2.32. The molecule has 1 N–H and O–H groups in total. The minimum Gasteiger partial charge on any atom is -0.493 e. The van der Waals surface area contributed by atoms with Crippen molar-refractivity contribution < 1.29 is 14.6 Å². The van der Waals surface area contributed by atoms with Gasteiger partial charge in [0.2, 0.25) is 0 Å². The number of piperidine rings is 1. The maximum Gasteiger partial charge on any atom is 0.179 e. The Bertz CT molecular complexity index is 591. The Kier molecular flexibility index (Phi) is 7.04. The van der Waals surface area contributed by atoms with E-state index in [1.165, 1.54) is 25.7 Å². The van der Waals surface area contributed by atoms with Crippen LogP contribution < -0.4 is 9.47 Å². The standard InChI is InChI=1S/C20H31ClN2O3/c1-25-18-8-7-15(19(21)20(18)26-2)13-22-12-9-16(17(24)14-22)23-10-5-3-4-6-11-23/h7-8,16-17,24H,3-6,9-14H2,1-2H3/t16-,17-/m1/s1. The fraction of sp³-hybridized carbons (Fsp3) is 0.700. The monoisotopic (exact) mass is 382 g/mol. The second kappa shape index (κ2) is 9.27. The summed E-state index contributed by atoms with van der Waals surface area (Å²) in [5, 5.41) is 11.3. The molecule has 0 aromatic heterocycles. The van der Waals surface area contributed by atoms with Gasteiger partial charge in [0, 0.05) is 25.7 Å². The molecule has 2 aliphatic rings. The number of benzene rings is 1. The van der Waals surface area contributed by atoms with Crippen molar-refractivity contribution in [2.45, 2.75) is 50.8 Å². The van der Waals surface area contributed by atoms with Gasteiger partial charge in [-0.05, 0) is 44.0 Å². The van der Waals surface area contributed by atoms with Gasteiger partial charge >= 0.3 is 0 Å². The molecule has 2 heterocycles. The summed E-state index contributed by atoms with van der Waals surface area (Å²) >= 11 is 6.51. The second-order valence-corrected chi connectivity index (χ2v) is 7.76. The summed E-state index contributed by atoms with van der Waals surface area (Å²) in [4.78, 5) is 4.80. The molecule has 6 heteroatoms. The average molecular weight is 383 g/mol. The lowest BCUT2D eigenvalue weighted by molar-refractivity contribution is -0.0144. The lowest BCUT2D eigenvalue weighted by atomic mass is 9.99. The first-order chi connectivity index (χ1) is 12.6. The summed E-state index contributed by atoms with van der Waals surface area (Å²) in [5.41, 5.74) is 1.00. The van der Waals surface area contributed by atoms with Crippen LogP contribution in [0.15, 0.2) is 12.1 Å². The number of β-amino-alcohol motifs (C(OH)–C–C–N with tert-alkyl or cyclic N) is 1. The van der Waals surface area contributed by atoms with Gasteiger partial charge in [-0.3, -0.25) is 9.80 Å². The first-order valence-corrected chi connectivity index (χ1v) is 10.1. The van der Waals surface area contributed by atoms with E-state index in [0.717, 1.165) is 31.6 Å². The Morgan fingerprint density at radius 3 is 2.42 bits per heavy atom. The first kappa shape index (κ1) is 19.7. The third-order valence-corrected chi connectivity index (χ3v) is 6.11. The van der Waals surface area contributed by atoms with Crippen LogP contribution in [0.25, 0.3) is 0 Å². The van der Waals surface area contributed by atoms with E-state index in [1.54, 1.807) is 14.2 Å². The highest BCUT2D eigenvalue weighted by molar-refractivity contribution is 6.33. The number of aliphatic hydroxyl groups excluding tert-OH is 1. The Morgan fingerprint density at radius 2 is 1.81 bits per heavy atom. The number of methoxy groups -OCH3 is 2. The third kappa shape index (κ3) is 4.45. The Morgan fingerprint density at radius 1 is 1.08 bits per heavy atom. The molecular formula is C20H31ClN2O3. The van der Waals surface area contributed by atoms with Gasteiger partial charge in [0.15, 0.2) is 11.5 Å². The van der Waals surface area contributed by atoms with Gasteiger partial charge in [0.25, 0.3) is 0 Å². The Hall–Kier alpha value is -1.01. The molecule has 0 saturated carbocycles. The van der Waals surface area contributed by atoms with E-state index in [1.807, 2.05) is 12.1 Å². The zero-order chi connectivity index (χ0) is 18.5. The number of ether oxygens (including phenoxy) is 2. The van der Waals surface area contributed by atoms with Crippen molar-refractivity contribution in [1.82, 2.24) is 9.80 Å². The lowest BCUT2D eigenvalue weighted by Crippen LogP contribution is -2.54. The molecule has 0 unspecified atom stereocenters. The summed E-state index contributed by atoms with van der Waals surface area (Å²) in [6, 6.07) is 4.17. The van der Waals surface area contributed by atoms with Crippen molar-refractivity contribution in [3.63, 3.8) is 0 Å². The van der Waals surface area contributed by atoms with Crippen LogP contribution in [-0.4, -0.2) is 67.5 Å². The SMILES string of the molecule is COc1ccc(CN2CC[C@@H](N3CCCCCC3)[C@H](O)C2)c(Cl)c1OC. The molecular weight excluding hydrogens is 352 g/mol. The summed E-state index contributed by atoms with van der Waals surface area (Å²) in [6.45, 7) is 4.63. The van der Waals surface area contributed by atoms with Crippen molar-refractivity contribution in [3.05, 3.63) is 22.7 Å². The number of rotatable bonds is 5. The smallest absolute Gasteiger partial charge is 0.179 e. The molecule has 0 spiro atoms. The zero-order valence-corrected chi connectivity index (χ0v) is 16.7. The van der Waals surface area contributed by atoms with Gasteiger partial charge in [0.1, 0.15) is 0 Å². The molecule has 0 radical (unpaired) electrons. The second-order valence-electron chi connectivity index (χ2n) is 7.38. The van der Waals surface area contributed by atoms with Gasteiger partial charge in [0.05, 0.1) is 25.3 Å². The molecule has 0 aliphatic carbocycles. The molecule has 0 amide bonds. The maximum absolute atomic E-state index is 10.8. The summed E-state index contributed by atoms with van der Waals surface area (Å²) in [5.74, 6) is 1.22. The average Bonchev–Trinajstić information content (AvgIpc) is 2.92. The van der Waals surface area contributed by atoms with Crippen LogP contribution in [0.5, 0.6) is 11.5 Å². The normalized spacial score (nSPS) is 25.7. The van der Waals surface area contributed by atoms with Crippen LogP contribution in [0.3, 0.4) is 0 Å². The number of hydrogen-bond donors (Lipinski definition) is 1. The number of aliphatic hydroxyl groups is 1. The number of hydrogen-bond acceptors (Lipinski definition) is 5. The van der Waals surface area contributed by atoms with Crippen LogP contribution in [-0.2, 0) is 6.54 Å². The zero-order valence-electron chi connectivity index (χ0n) is 15.9. The number of halogens is 1. The fourth-order valence-corrected chi connectivity index (χ4v) is 4.57. The van der Waals surface area contributed by atoms with Crippen LogP contribution >= 0.6 is 11.6 Å². The molecule has 3 rings (SSSR count). The highest BCUT2D eigenvalue weighted by atomic mass is 35.5. The van der Waals surface area contributed by atoms with Crippen molar-refractivity contribution in [3.8, 4) is 11.5 Å². The van der Waals surface area contributed by atoms with Crippen LogP contribution in [0, 0.1) is 0 Å². The number of nitrogens with zero attached hydrogens (tertiary/aromatic N) is 2. The Labute approximate surface area is 161 Å². The summed E-state index contributed by atoms with van der Waals surface area (Å²) in [6.07, 6.45) is 5.86. The largest absolute Gasteiger partial charge is 0.493 e. The Balaban J connectivity index is 1.62. The van der Waals surface area contributed by atoms with E-state index in [0.29, 0.717) is 35.7 Å². The van der Waals surface area contributed by atoms with E-state index >= 15 is 0 Å². The van der Waals surface area contributed by atoms with Crippen molar-refractivity contribution in [2.75, 3.05) is 40.4 Å². The van der Waals surface area contributed by atoms with E-state index in [4.69, 9.17) is 21.1 Å². The van der Waals surface area contributed by atoms with E-state index < -0.39 is 0 Å². The minimum absolute atomic E-state index is 0.297. The lowest BCUT2D eigenvalue weighted by Gasteiger charge is -2.41. The quantitative estimate of drug-likeness (QED) is 0.847. The molecule has 0 bridgehead atoms. The van der Waals surface area contributed by atoms with Crippen molar-refractivity contribution >= 4 is 11.6 Å². The minimum atomic E-state index is -0.305. The molecule has 2 fully saturated rings. The highest BCUT2D eigenvalue weighted by Crippen LogP contribution is 2.38. The predicted octanol–water partition coefficient (Wildman–Crippen LogP) is 3.17. The third-order valence-electron chi connectivity index (χ3n) is 5.70. The molecule has 1 aromatic carbocycles. The van der Waals surface area contributed by atoms with Crippen LogP contribution in [0.4, 0.5) is 0 Å². The van der Waals surface area contributed by atoms with Crippen LogP contribution in [0.2, 0.25) is 5.02 Å². The van der Waals surface area contributed by atoms with E-state index in [2.05, 4.69) is 9.80 Å². The van der Waals surface area contributed by atoms with Gasteiger partial charge in [-0.2, -0.15) is 0 Å². The number of likely N-dealkylation sites (tertiary alicyclic amines) is 2. The van der Waals surface area contributed by atoms with Crippen LogP contribution in [0.1, 0.15) is 37.7 Å². The summed E-state index contributed by atoms with van der Waals surface area (Å²) in [7, 11) is 3.21. The van der Waals surface area contributed by atoms with E-state index in [9.17, 15) is 5.11 Å². The molecule has 2 saturated heterocycles. The maximum atomic E-state index is 10.8. The summed E-state index contributed by atoms with van der Waals surface area (Å²) < 4.78 is 10.7. The van der Waals surface area contributed by atoms with Gasteiger partial charge in [-0.25, -0.2) is 0 Å². The predicted molar refractivity (Wildman–Crippen MR) is 104 cm³/mol. The molecule has 1 aromatic rings. The van der Waals surface area contributed by atoms with Gasteiger partial charge in [-0.15, -0.1) is 0 Å². The first-order valence-electron chi connectivity index (χ1n) is 9.68. The topological polar surface area (TPSA) is 45.2 Å². The van der Waals surface area contributed by atoms with E-state index in [-0.39, 0.29) is 6.10 Å². The fourth-order valence-electron chi connectivity index (χ4n) is 4.27. The molecule has 146 valence electrons.